The van der Waals surface area contributed by atoms with E-state index in [0.717, 1.165) is 6.92 Å². The van der Waals surface area contributed by atoms with Crippen LogP contribution in [0.5, 0.6) is 0 Å². The minimum absolute atomic E-state index is 0.159. The van der Waals surface area contributed by atoms with E-state index in [2.05, 4.69) is 0 Å². The predicted molar refractivity (Wildman–Crippen MR) is 50.8 cm³/mol. The molecule has 1 aromatic rings. The zero-order valence-electron chi connectivity index (χ0n) is 7.17. The van der Waals surface area contributed by atoms with Gasteiger partial charge in [-0.1, -0.05) is 23.2 Å². The van der Waals surface area contributed by atoms with Crippen molar-refractivity contribution in [1.29, 1.82) is 0 Å². The first-order valence-electron chi connectivity index (χ1n) is 3.66. The molecule has 0 amide bonds. The summed E-state index contributed by atoms with van der Waals surface area (Å²) >= 11 is 11.4. The van der Waals surface area contributed by atoms with Crippen molar-refractivity contribution in [3.63, 3.8) is 0 Å². The summed E-state index contributed by atoms with van der Waals surface area (Å²) in [6.45, 7) is 2.49. The number of halogens is 4. The van der Waals surface area contributed by atoms with E-state index >= 15 is 0 Å². The Labute approximate surface area is 85.5 Å². The molecule has 0 N–H and O–H groups in total. The fourth-order valence-electron chi connectivity index (χ4n) is 0.899. The third-order valence-corrected chi connectivity index (χ3v) is 2.57. The van der Waals surface area contributed by atoms with E-state index in [1.165, 1.54) is 12.1 Å². The van der Waals surface area contributed by atoms with Gasteiger partial charge in [-0.2, -0.15) is 0 Å². The number of rotatable bonds is 1. The highest BCUT2D eigenvalue weighted by atomic mass is 35.5. The first-order valence-corrected chi connectivity index (χ1v) is 4.42. The maximum absolute atomic E-state index is 12.8. The van der Waals surface area contributed by atoms with E-state index in [-0.39, 0.29) is 15.6 Å². The van der Waals surface area contributed by atoms with Crippen molar-refractivity contribution in [3.05, 3.63) is 33.3 Å². The maximum atomic E-state index is 12.8. The van der Waals surface area contributed by atoms with Crippen LogP contribution in [-0.4, -0.2) is 0 Å². The summed E-state index contributed by atoms with van der Waals surface area (Å²) in [5, 5.41) is 0.535. The lowest BCUT2D eigenvalue weighted by Gasteiger charge is -2.12. The smallest absolute Gasteiger partial charge is 0.202 e. The van der Waals surface area contributed by atoms with Crippen molar-refractivity contribution in [2.75, 3.05) is 0 Å². The topological polar surface area (TPSA) is 0 Å². The Morgan fingerprint density at radius 3 is 1.85 bits per heavy atom. The Balaban J connectivity index is 3.29. The van der Waals surface area contributed by atoms with Crippen LogP contribution >= 0.6 is 23.2 Å². The number of hydrogen-bond acceptors (Lipinski definition) is 0. The predicted octanol–water partition coefficient (Wildman–Crippen LogP) is 4.41. The Kier molecular flexibility index (Phi) is 2.83. The van der Waals surface area contributed by atoms with E-state index in [9.17, 15) is 8.78 Å². The van der Waals surface area contributed by atoms with Crippen LogP contribution in [0, 0.1) is 6.92 Å². The molecule has 0 aliphatic rings. The van der Waals surface area contributed by atoms with Crippen LogP contribution < -0.4 is 0 Å². The number of alkyl halides is 2. The van der Waals surface area contributed by atoms with Crippen LogP contribution in [0.15, 0.2) is 12.1 Å². The summed E-state index contributed by atoms with van der Waals surface area (Å²) in [6, 6.07) is 2.48. The van der Waals surface area contributed by atoms with Gasteiger partial charge in [-0.15, -0.1) is 0 Å². The second-order valence-electron chi connectivity index (χ2n) is 2.95. The van der Waals surface area contributed by atoms with E-state index in [0.29, 0.717) is 5.56 Å². The molecule has 4 heteroatoms. The van der Waals surface area contributed by atoms with E-state index in [1.807, 2.05) is 0 Å². The molecular formula is C9H8Cl2F2. The summed E-state index contributed by atoms with van der Waals surface area (Å²) in [4.78, 5) is 0. The average molecular weight is 225 g/mol. The lowest BCUT2D eigenvalue weighted by Crippen LogP contribution is -2.07. The monoisotopic (exact) mass is 224 g/mol. The SMILES string of the molecule is Cc1c(Cl)cc(C(C)(F)F)cc1Cl. The molecule has 1 aromatic carbocycles. The van der Waals surface area contributed by atoms with Crippen molar-refractivity contribution in [3.8, 4) is 0 Å². The first kappa shape index (κ1) is 10.7. The number of hydrogen-bond donors (Lipinski definition) is 0. The van der Waals surface area contributed by atoms with Gasteiger partial charge in [0.05, 0.1) is 0 Å². The average Bonchev–Trinajstić information content (AvgIpc) is 1.97. The van der Waals surface area contributed by atoms with Crippen molar-refractivity contribution >= 4 is 23.2 Å². The van der Waals surface area contributed by atoms with Crippen LogP contribution in [0.1, 0.15) is 18.1 Å². The standard InChI is InChI=1S/C9H8Cl2F2/c1-5-7(10)3-6(4-8(5)11)9(2,12)13/h3-4H,1-2H3. The Morgan fingerprint density at radius 1 is 1.15 bits per heavy atom. The largest absolute Gasteiger partial charge is 0.270 e. The van der Waals surface area contributed by atoms with E-state index in [4.69, 9.17) is 23.2 Å². The molecule has 0 unspecified atom stereocenters. The molecule has 0 spiro atoms. The normalized spacial score (nSPS) is 11.8. The highest BCUT2D eigenvalue weighted by molar-refractivity contribution is 6.36. The van der Waals surface area contributed by atoms with Crippen LogP contribution in [0.2, 0.25) is 10.0 Å². The number of benzene rings is 1. The minimum atomic E-state index is -2.90. The third kappa shape index (κ3) is 2.32. The Bertz CT molecular complexity index is 306. The lowest BCUT2D eigenvalue weighted by molar-refractivity contribution is 0.0175. The van der Waals surface area contributed by atoms with Gasteiger partial charge >= 0.3 is 0 Å². The van der Waals surface area contributed by atoms with Gasteiger partial charge in [0.25, 0.3) is 5.92 Å². The molecule has 1 rings (SSSR count). The summed E-state index contributed by atoms with van der Waals surface area (Å²) in [5.41, 5.74) is 0.462. The molecule has 0 saturated carbocycles. The third-order valence-electron chi connectivity index (χ3n) is 1.79. The highest BCUT2D eigenvalue weighted by Crippen LogP contribution is 2.33. The zero-order chi connectivity index (χ0) is 10.2. The molecular weight excluding hydrogens is 217 g/mol. The summed E-state index contributed by atoms with van der Waals surface area (Å²) in [7, 11) is 0. The van der Waals surface area contributed by atoms with Gasteiger partial charge in [-0.05, 0) is 24.6 Å². The first-order chi connectivity index (χ1) is 5.82. The van der Waals surface area contributed by atoms with E-state index < -0.39 is 5.92 Å². The van der Waals surface area contributed by atoms with E-state index in [1.54, 1.807) is 6.92 Å². The van der Waals surface area contributed by atoms with Gasteiger partial charge in [0, 0.05) is 22.5 Å². The summed E-state index contributed by atoms with van der Waals surface area (Å²) < 4.78 is 25.7. The fourth-order valence-corrected chi connectivity index (χ4v) is 1.39. The molecule has 0 atom stereocenters. The molecule has 0 aromatic heterocycles. The molecule has 13 heavy (non-hydrogen) atoms. The van der Waals surface area contributed by atoms with Gasteiger partial charge in [-0.25, -0.2) is 8.78 Å². The quantitative estimate of drug-likeness (QED) is 0.663. The second kappa shape index (κ2) is 3.43. The molecule has 72 valence electrons. The zero-order valence-corrected chi connectivity index (χ0v) is 8.68. The van der Waals surface area contributed by atoms with Crippen molar-refractivity contribution in [1.82, 2.24) is 0 Å². The molecule has 0 aliphatic heterocycles. The molecule has 0 bridgehead atoms. The van der Waals surface area contributed by atoms with Crippen molar-refractivity contribution < 1.29 is 8.78 Å². The van der Waals surface area contributed by atoms with Crippen LogP contribution in [0.3, 0.4) is 0 Å². The summed E-state index contributed by atoms with van der Waals surface area (Å²) in [6.07, 6.45) is 0. The fraction of sp³-hybridized carbons (Fsp3) is 0.333. The Morgan fingerprint density at radius 2 is 1.54 bits per heavy atom. The molecule has 0 aliphatic carbocycles. The van der Waals surface area contributed by atoms with Gasteiger partial charge in [0.1, 0.15) is 0 Å². The van der Waals surface area contributed by atoms with Crippen molar-refractivity contribution in [2.24, 2.45) is 0 Å². The molecule has 0 saturated heterocycles. The van der Waals surface area contributed by atoms with Crippen molar-refractivity contribution in [2.45, 2.75) is 19.8 Å². The molecule has 0 nitrogen and oxygen atoms in total. The van der Waals surface area contributed by atoms with Crippen LogP contribution in [0.4, 0.5) is 8.78 Å². The van der Waals surface area contributed by atoms with Crippen LogP contribution in [0.25, 0.3) is 0 Å². The second-order valence-corrected chi connectivity index (χ2v) is 3.77. The Hall–Kier alpha value is -0.340. The van der Waals surface area contributed by atoms with Gasteiger partial charge in [0.2, 0.25) is 0 Å². The molecule has 0 heterocycles. The van der Waals surface area contributed by atoms with Crippen LogP contribution in [-0.2, 0) is 5.92 Å². The lowest BCUT2D eigenvalue weighted by atomic mass is 10.1. The molecule has 0 radical (unpaired) electrons. The van der Waals surface area contributed by atoms with Gasteiger partial charge in [0.15, 0.2) is 0 Å². The summed E-state index contributed by atoms with van der Waals surface area (Å²) in [5.74, 6) is -2.90. The highest BCUT2D eigenvalue weighted by Gasteiger charge is 2.25. The maximum Gasteiger partial charge on any atom is 0.270 e. The van der Waals surface area contributed by atoms with Gasteiger partial charge in [-0.3, -0.25) is 0 Å². The molecule has 0 fully saturated rings. The van der Waals surface area contributed by atoms with Gasteiger partial charge < -0.3 is 0 Å². The minimum Gasteiger partial charge on any atom is -0.202 e.